The Kier molecular flexibility index (Phi) is 3.78. The predicted molar refractivity (Wildman–Crippen MR) is 24.0 cm³/mol. The lowest BCUT2D eigenvalue weighted by Crippen LogP contribution is -2.34. The van der Waals surface area contributed by atoms with Crippen molar-refractivity contribution in [1.29, 1.82) is 0 Å². The third-order valence-electron chi connectivity index (χ3n) is 0.732. The van der Waals surface area contributed by atoms with Crippen molar-refractivity contribution in [2.75, 3.05) is 0 Å². The topological polar surface area (TPSA) is 29.5 Å². The summed E-state index contributed by atoms with van der Waals surface area (Å²) in [6.45, 7) is 0. The Hall–Kier alpha value is -0.500. The molecule has 2 nitrogen and oxygen atoms in total. The lowest BCUT2D eigenvalue weighted by atomic mass is 10.6. The predicted octanol–water partition coefficient (Wildman–Crippen LogP) is 1.44. The van der Waals surface area contributed by atoms with Crippen molar-refractivity contribution in [3.05, 3.63) is 0 Å². The van der Waals surface area contributed by atoms with Gasteiger partial charge in [0.2, 0.25) is 6.29 Å². The molecule has 0 aliphatic heterocycles. The van der Waals surface area contributed by atoms with Gasteiger partial charge in [0.1, 0.15) is 0 Å². The molecule has 0 bridgehead atoms. The maximum Gasteiger partial charge on any atom is 0.445 e. The van der Waals surface area contributed by atoms with Gasteiger partial charge in [0.25, 0.3) is 12.8 Å². The highest BCUT2D eigenvalue weighted by Gasteiger charge is 2.43. The summed E-state index contributed by atoms with van der Waals surface area (Å²) in [5, 5.41) is 7.95. The van der Waals surface area contributed by atoms with Gasteiger partial charge in [0.15, 0.2) is 0 Å². The van der Waals surface area contributed by atoms with Gasteiger partial charge in [-0.2, -0.15) is 13.2 Å². The maximum absolute atomic E-state index is 11.7. The van der Waals surface area contributed by atoms with E-state index in [1.807, 2.05) is 0 Å². The molecule has 0 aromatic heterocycles. The Bertz CT molecular complexity index is 134. The zero-order valence-electron chi connectivity index (χ0n) is 5.36. The Labute approximate surface area is 62.7 Å². The van der Waals surface area contributed by atoms with Crippen LogP contribution in [0.15, 0.2) is 0 Å². The number of hydrogen-bond donors (Lipinski definition) is 1. The van der Waals surface area contributed by atoms with Crippen LogP contribution in [-0.4, -0.2) is 30.4 Å². The summed E-state index contributed by atoms with van der Waals surface area (Å²) in [6, 6.07) is 0. The summed E-state index contributed by atoms with van der Waals surface area (Å²) >= 11 is 0. The summed E-state index contributed by atoms with van der Waals surface area (Å²) < 4.78 is 70.8. The molecular weight excluding hydrogens is 194 g/mol. The van der Waals surface area contributed by atoms with Gasteiger partial charge < -0.3 is 9.84 Å². The van der Waals surface area contributed by atoms with E-state index in [-0.39, 0.29) is 0 Å². The van der Waals surface area contributed by atoms with Crippen molar-refractivity contribution in [3.63, 3.8) is 0 Å². The van der Waals surface area contributed by atoms with Gasteiger partial charge in [-0.3, -0.25) is 0 Å². The van der Waals surface area contributed by atoms with E-state index >= 15 is 0 Å². The first kappa shape index (κ1) is 11.5. The molecule has 1 N–H and O–H groups in total. The van der Waals surface area contributed by atoms with Crippen LogP contribution in [0.25, 0.3) is 0 Å². The summed E-state index contributed by atoms with van der Waals surface area (Å²) in [5.74, 6) is 0. The van der Waals surface area contributed by atoms with E-state index in [1.54, 1.807) is 0 Å². The Morgan fingerprint density at radius 2 is 1.50 bits per heavy atom. The summed E-state index contributed by atoms with van der Waals surface area (Å²) in [5.41, 5.74) is 0. The third-order valence-corrected chi connectivity index (χ3v) is 0.732. The zero-order valence-corrected chi connectivity index (χ0v) is 5.36. The van der Waals surface area contributed by atoms with Crippen LogP contribution in [0.1, 0.15) is 0 Å². The lowest BCUT2D eigenvalue weighted by Gasteiger charge is -2.16. The molecular formula is C4H4F6O2. The van der Waals surface area contributed by atoms with E-state index in [0.29, 0.717) is 0 Å². The molecule has 2 atom stereocenters. The second-order valence-electron chi connectivity index (χ2n) is 1.72. The fraction of sp³-hybridized carbons (Fsp3) is 1.00. The molecule has 8 heteroatoms. The molecule has 0 amide bonds. The quantitative estimate of drug-likeness (QED) is 0.549. The van der Waals surface area contributed by atoms with Crippen molar-refractivity contribution < 1.29 is 36.2 Å². The average Bonchev–Trinajstić information content (AvgIpc) is 1.85. The summed E-state index contributed by atoms with van der Waals surface area (Å²) in [4.78, 5) is 0. The van der Waals surface area contributed by atoms with Crippen LogP contribution in [0, 0.1) is 0 Å². The van der Waals surface area contributed by atoms with Crippen LogP contribution >= 0.6 is 0 Å². The monoisotopic (exact) mass is 198 g/mol. The van der Waals surface area contributed by atoms with E-state index in [4.69, 9.17) is 5.11 Å². The van der Waals surface area contributed by atoms with Gasteiger partial charge in [-0.15, -0.1) is 0 Å². The van der Waals surface area contributed by atoms with Gasteiger partial charge in [-0.05, 0) is 0 Å². The standard InChI is InChI=1S/C4H4F6O2/c5-1(6)2(11)12-3(7)4(8,9)10/h1-3,11H. The van der Waals surface area contributed by atoms with Crippen molar-refractivity contribution in [3.8, 4) is 0 Å². The highest BCUT2D eigenvalue weighted by molar-refractivity contribution is 4.55. The molecule has 74 valence electrons. The SMILES string of the molecule is OC(OC(F)C(F)(F)F)C(F)F. The van der Waals surface area contributed by atoms with E-state index in [2.05, 4.69) is 4.74 Å². The Morgan fingerprint density at radius 3 is 1.75 bits per heavy atom. The average molecular weight is 198 g/mol. The molecule has 0 heterocycles. The molecule has 0 aliphatic rings. The van der Waals surface area contributed by atoms with Crippen LogP contribution in [0.5, 0.6) is 0 Å². The zero-order chi connectivity index (χ0) is 9.94. The van der Waals surface area contributed by atoms with E-state index < -0.39 is 25.2 Å². The summed E-state index contributed by atoms with van der Waals surface area (Å²) in [7, 11) is 0. The maximum atomic E-state index is 11.7. The highest BCUT2D eigenvalue weighted by Crippen LogP contribution is 2.25. The van der Waals surface area contributed by atoms with Crippen LogP contribution < -0.4 is 0 Å². The smallest absolute Gasteiger partial charge is 0.363 e. The molecule has 0 saturated carbocycles. The van der Waals surface area contributed by atoms with E-state index in [0.717, 1.165) is 0 Å². The van der Waals surface area contributed by atoms with Gasteiger partial charge in [0.05, 0.1) is 0 Å². The Balaban J connectivity index is 3.93. The fourth-order valence-corrected chi connectivity index (χ4v) is 0.259. The van der Waals surface area contributed by atoms with Crippen LogP contribution in [-0.2, 0) is 4.74 Å². The number of aliphatic hydroxyl groups excluding tert-OH is 1. The Morgan fingerprint density at radius 1 is 1.08 bits per heavy atom. The van der Waals surface area contributed by atoms with Crippen molar-refractivity contribution in [1.82, 2.24) is 0 Å². The number of aliphatic hydroxyl groups is 1. The summed E-state index contributed by atoms with van der Waals surface area (Å²) in [6.07, 6.45) is -16.0. The number of alkyl halides is 6. The highest BCUT2D eigenvalue weighted by atomic mass is 19.4. The number of rotatable bonds is 3. The fourth-order valence-electron chi connectivity index (χ4n) is 0.259. The van der Waals surface area contributed by atoms with Crippen molar-refractivity contribution >= 4 is 0 Å². The molecule has 0 rings (SSSR count). The molecule has 0 aromatic rings. The minimum absolute atomic E-state index is 2.89. The van der Waals surface area contributed by atoms with Crippen LogP contribution in [0.3, 0.4) is 0 Å². The van der Waals surface area contributed by atoms with E-state index in [1.165, 1.54) is 0 Å². The van der Waals surface area contributed by atoms with Crippen molar-refractivity contribution in [2.45, 2.75) is 25.2 Å². The van der Waals surface area contributed by atoms with Gasteiger partial charge in [0, 0.05) is 0 Å². The second kappa shape index (κ2) is 3.94. The largest absolute Gasteiger partial charge is 0.445 e. The number of halogens is 6. The van der Waals surface area contributed by atoms with Crippen LogP contribution in [0.4, 0.5) is 26.3 Å². The molecule has 0 aromatic carbocycles. The molecule has 0 aliphatic carbocycles. The van der Waals surface area contributed by atoms with Gasteiger partial charge >= 0.3 is 6.18 Å². The minimum atomic E-state index is -5.41. The van der Waals surface area contributed by atoms with Crippen LogP contribution in [0.2, 0.25) is 0 Å². The molecule has 2 unspecified atom stereocenters. The minimum Gasteiger partial charge on any atom is -0.363 e. The lowest BCUT2D eigenvalue weighted by molar-refractivity contribution is -0.319. The first-order valence-corrected chi connectivity index (χ1v) is 2.57. The molecule has 0 radical (unpaired) electrons. The van der Waals surface area contributed by atoms with E-state index in [9.17, 15) is 26.3 Å². The number of hydrogen-bond acceptors (Lipinski definition) is 2. The molecule has 0 saturated heterocycles. The normalized spacial score (nSPS) is 18.0. The number of ether oxygens (including phenoxy) is 1. The first-order valence-electron chi connectivity index (χ1n) is 2.57. The molecule has 0 fully saturated rings. The first-order chi connectivity index (χ1) is 5.25. The molecule has 12 heavy (non-hydrogen) atoms. The van der Waals surface area contributed by atoms with Crippen molar-refractivity contribution in [2.24, 2.45) is 0 Å². The third kappa shape index (κ3) is 3.77. The molecule has 0 spiro atoms. The second-order valence-corrected chi connectivity index (χ2v) is 1.72. The van der Waals surface area contributed by atoms with Gasteiger partial charge in [-0.25, -0.2) is 13.2 Å². The van der Waals surface area contributed by atoms with Gasteiger partial charge in [-0.1, -0.05) is 0 Å².